The van der Waals surface area contributed by atoms with Crippen LogP contribution in [-0.4, -0.2) is 30.4 Å². The molecule has 0 unspecified atom stereocenters. The van der Waals surface area contributed by atoms with Crippen LogP contribution in [0.5, 0.6) is 11.5 Å². The van der Waals surface area contributed by atoms with Crippen molar-refractivity contribution in [2.45, 2.75) is 37.4 Å². The highest BCUT2D eigenvalue weighted by Crippen LogP contribution is 2.35. The van der Waals surface area contributed by atoms with Crippen LogP contribution in [0.15, 0.2) is 71.6 Å². The highest BCUT2D eigenvalue weighted by Gasteiger charge is 2.30. The molecule has 0 heterocycles. The Morgan fingerprint density at radius 3 is 2.14 bits per heavy atom. The second-order valence-corrected chi connectivity index (χ2v) is 10.6. The number of sulfonamides is 1. The summed E-state index contributed by atoms with van der Waals surface area (Å²) in [5.41, 5.74) is -0.928. The Hall–Kier alpha value is -3.81. The summed E-state index contributed by atoms with van der Waals surface area (Å²) < 4.78 is 72.2. The molecule has 3 aromatic rings. The molecular formula is C24H24F3N3O6S. The zero-order valence-corrected chi connectivity index (χ0v) is 20.7. The molecule has 0 aliphatic rings. The van der Waals surface area contributed by atoms with E-state index in [1.165, 1.54) is 24.3 Å². The average Bonchev–Trinajstić information content (AvgIpc) is 2.77. The highest BCUT2D eigenvalue weighted by molar-refractivity contribution is 7.90. The number of hydrogen-bond acceptors (Lipinski definition) is 7. The maximum absolute atomic E-state index is 13.0. The number of hydrogen-bond donors (Lipinski definition) is 4. The minimum atomic E-state index is -4.56. The number of halogens is 3. The van der Waals surface area contributed by atoms with E-state index >= 15 is 0 Å². The molecule has 0 aliphatic heterocycles. The molecule has 0 fully saturated rings. The zero-order chi connectivity index (χ0) is 27.6. The number of nitrogens with zero attached hydrogens (tertiary/aromatic N) is 1. The fraction of sp³-hybridized carbons (Fsp3) is 0.208. The van der Waals surface area contributed by atoms with Crippen LogP contribution in [0, 0.1) is 0 Å². The maximum Gasteiger partial charge on any atom is 0.416 e. The first-order valence-electron chi connectivity index (χ1n) is 10.7. The summed E-state index contributed by atoms with van der Waals surface area (Å²) >= 11 is 0. The van der Waals surface area contributed by atoms with E-state index in [4.69, 9.17) is 4.74 Å². The Balaban J connectivity index is 1.95. The summed E-state index contributed by atoms with van der Waals surface area (Å²) in [6, 6.07) is 12.8. The molecule has 198 valence electrons. The molecule has 0 aliphatic carbocycles. The van der Waals surface area contributed by atoms with Gasteiger partial charge >= 0.3 is 12.2 Å². The van der Waals surface area contributed by atoms with Gasteiger partial charge in [-0.25, -0.2) is 17.9 Å². The molecule has 37 heavy (non-hydrogen) atoms. The fourth-order valence-corrected chi connectivity index (χ4v) is 4.23. The van der Waals surface area contributed by atoms with Gasteiger partial charge in [0.1, 0.15) is 16.4 Å². The number of amides is 2. The van der Waals surface area contributed by atoms with Crippen LogP contribution in [0.2, 0.25) is 0 Å². The summed E-state index contributed by atoms with van der Waals surface area (Å²) in [4.78, 5) is 11.6. The van der Waals surface area contributed by atoms with Crippen molar-refractivity contribution in [2.75, 3.05) is 5.23 Å². The van der Waals surface area contributed by atoms with Gasteiger partial charge in [-0.2, -0.15) is 13.2 Å². The number of ether oxygens (including phenoxy) is 1. The summed E-state index contributed by atoms with van der Waals surface area (Å²) in [6.07, 6.45) is -4.48. The lowest BCUT2D eigenvalue weighted by Gasteiger charge is -2.21. The number of anilines is 1. The molecule has 0 atom stereocenters. The molecule has 3 rings (SSSR count). The summed E-state index contributed by atoms with van der Waals surface area (Å²) in [7, 11) is -4.56. The minimum absolute atomic E-state index is 0.130. The Labute approximate surface area is 211 Å². The number of alkyl halides is 3. The van der Waals surface area contributed by atoms with Gasteiger partial charge in [-0.1, -0.05) is 24.3 Å². The largest absolute Gasteiger partial charge is 0.456 e. The molecule has 2 amide bonds. The number of rotatable bonds is 6. The smallest absolute Gasteiger partial charge is 0.416 e. The first kappa shape index (κ1) is 27.8. The minimum Gasteiger partial charge on any atom is -0.456 e. The second-order valence-electron chi connectivity index (χ2n) is 8.94. The molecule has 0 saturated heterocycles. The van der Waals surface area contributed by atoms with E-state index in [0.29, 0.717) is 11.1 Å². The summed E-state index contributed by atoms with van der Waals surface area (Å²) in [6.45, 7) is 4.94. The molecule has 0 saturated carbocycles. The van der Waals surface area contributed by atoms with Crippen LogP contribution in [0.3, 0.4) is 0 Å². The number of urea groups is 1. The van der Waals surface area contributed by atoms with Crippen molar-refractivity contribution >= 4 is 21.7 Å². The van der Waals surface area contributed by atoms with Crippen molar-refractivity contribution in [3.8, 4) is 22.6 Å². The van der Waals surface area contributed by atoms with Crippen LogP contribution in [0.25, 0.3) is 11.1 Å². The van der Waals surface area contributed by atoms with Gasteiger partial charge in [-0.3, -0.25) is 10.4 Å². The predicted octanol–water partition coefficient (Wildman–Crippen LogP) is 5.54. The highest BCUT2D eigenvalue weighted by atomic mass is 32.2. The number of carbonyl (C=O) groups is 1. The molecule has 13 heteroatoms. The first-order chi connectivity index (χ1) is 17.0. The first-order valence-corrected chi connectivity index (χ1v) is 12.2. The Kier molecular flexibility index (Phi) is 7.72. The lowest BCUT2D eigenvalue weighted by atomic mass is 10.0. The fourth-order valence-electron chi connectivity index (χ4n) is 3.18. The lowest BCUT2D eigenvalue weighted by molar-refractivity contribution is -0.137. The molecule has 0 aromatic heterocycles. The van der Waals surface area contributed by atoms with Gasteiger partial charge in [-0.15, -0.1) is 5.23 Å². The standard InChI is InChI=1S/C24H24F3N3O6S/c1-23(2,3)28-22(31)29-37(34,35)21-14-18(30(32)33)11-12-20(21)36-19-6-4-5-16(13-19)15-7-9-17(10-8-15)24(25,26)27/h4-14,32-33H,1-3H3,(H2,28,29,31). The van der Waals surface area contributed by atoms with Crippen molar-refractivity contribution in [3.63, 3.8) is 0 Å². The summed E-state index contributed by atoms with van der Waals surface area (Å²) in [5.74, 6) is -0.128. The molecule has 9 nitrogen and oxygen atoms in total. The Morgan fingerprint density at radius 1 is 0.919 bits per heavy atom. The SMILES string of the molecule is CC(C)(C)NC(=O)NS(=O)(=O)c1cc(N(O)O)ccc1Oc1cccc(-c2ccc(C(F)(F)F)cc2)c1. The van der Waals surface area contributed by atoms with Gasteiger partial charge < -0.3 is 10.1 Å². The van der Waals surface area contributed by atoms with Crippen molar-refractivity contribution in [2.24, 2.45) is 0 Å². The van der Waals surface area contributed by atoms with Gasteiger partial charge in [0.2, 0.25) is 0 Å². The average molecular weight is 540 g/mol. The van der Waals surface area contributed by atoms with Crippen molar-refractivity contribution in [1.29, 1.82) is 0 Å². The summed E-state index contributed by atoms with van der Waals surface area (Å²) in [5, 5.41) is 20.8. The van der Waals surface area contributed by atoms with Gasteiger partial charge in [0, 0.05) is 5.54 Å². The topological polar surface area (TPSA) is 128 Å². The van der Waals surface area contributed by atoms with Gasteiger partial charge in [0.15, 0.2) is 0 Å². The predicted molar refractivity (Wildman–Crippen MR) is 128 cm³/mol. The third-order valence-corrected chi connectivity index (χ3v) is 6.12. The van der Waals surface area contributed by atoms with E-state index in [-0.39, 0.29) is 22.4 Å². The normalized spacial score (nSPS) is 12.1. The van der Waals surface area contributed by atoms with Crippen LogP contribution in [0.4, 0.5) is 23.7 Å². The van der Waals surface area contributed by atoms with Crippen LogP contribution >= 0.6 is 0 Å². The van der Waals surface area contributed by atoms with E-state index in [1.54, 1.807) is 32.9 Å². The van der Waals surface area contributed by atoms with Crippen LogP contribution < -0.4 is 20.0 Å². The van der Waals surface area contributed by atoms with Crippen LogP contribution in [-0.2, 0) is 16.2 Å². The lowest BCUT2D eigenvalue weighted by Crippen LogP contribution is -2.48. The molecule has 4 N–H and O–H groups in total. The Bertz CT molecular complexity index is 1390. The maximum atomic E-state index is 13.0. The van der Waals surface area contributed by atoms with Crippen molar-refractivity contribution in [3.05, 3.63) is 72.3 Å². The molecule has 0 spiro atoms. The monoisotopic (exact) mass is 539 g/mol. The second kappa shape index (κ2) is 10.3. The van der Waals surface area contributed by atoms with Crippen molar-refractivity contribution < 1.29 is 41.5 Å². The third-order valence-electron chi connectivity index (χ3n) is 4.77. The van der Waals surface area contributed by atoms with E-state index in [2.05, 4.69) is 5.32 Å². The van der Waals surface area contributed by atoms with Crippen LogP contribution in [0.1, 0.15) is 26.3 Å². The number of nitrogens with one attached hydrogen (secondary N) is 2. The van der Waals surface area contributed by atoms with E-state index in [0.717, 1.165) is 30.3 Å². The van der Waals surface area contributed by atoms with Gasteiger partial charge in [0.05, 0.1) is 11.3 Å². The number of benzene rings is 3. The van der Waals surface area contributed by atoms with E-state index in [9.17, 15) is 36.8 Å². The van der Waals surface area contributed by atoms with Gasteiger partial charge in [-0.05, 0) is 74.4 Å². The Morgan fingerprint density at radius 2 is 1.57 bits per heavy atom. The van der Waals surface area contributed by atoms with Crippen molar-refractivity contribution in [1.82, 2.24) is 10.0 Å². The quantitative estimate of drug-likeness (QED) is 0.303. The number of carbonyl (C=O) groups excluding carboxylic acids is 1. The van der Waals surface area contributed by atoms with E-state index in [1.807, 2.05) is 4.72 Å². The third kappa shape index (κ3) is 7.35. The van der Waals surface area contributed by atoms with E-state index < -0.39 is 38.2 Å². The molecule has 0 bridgehead atoms. The zero-order valence-electron chi connectivity index (χ0n) is 19.9. The molecular weight excluding hydrogens is 515 g/mol. The molecule has 3 aromatic carbocycles. The molecule has 0 radical (unpaired) electrons. The van der Waals surface area contributed by atoms with Gasteiger partial charge in [0.25, 0.3) is 10.0 Å².